The highest BCUT2D eigenvalue weighted by atomic mass is 79.9. The maximum atomic E-state index is 13.2. The summed E-state index contributed by atoms with van der Waals surface area (Å²) >= 11 is 8.75. The van der Waals surface area contributed by atoms with E-state index in [1.165, 1.54) is 18.2 Å². The summed E-state index contributed by atoms with van der Waals surface area (Å²) in [6.45, 7) is 0. The maximum Gasteiger partial charge on any atom is 0.170 e. The number of rotatable bonds is 2. The van der Waals surface area contributed by atoms with E-state index in [4.69, 9.17) is 21.6 Å². The van der Waals surface area contributed by atoms with E-state index in [0.29, 0.717) is 5.02 Å². The number of hydrogen-bond acceptors (Lipinski definition) is 3. The molecule has 0 aliphatic carbocycles. The van der Waals surface area contributed by atoms with Crippen LogP contribution in [0.25, 0.3) is 0 Å². The molecule has 0 spiro atoms. The van der Waals surface area contributed by atoms with Crippen molar-refractivity contribution in [1.29, 1.82) is 5.26 Å². The van der Waals surface area contributed by atoms with Gasteiger partial charge in [-0.3, -0.25) is 0 Å². The number of halogens is 3. The van der Waals surface area contributed by atoms with Gasteiger partial charge in [-0.15, -0.1) is 0 Å². The zero-order chi connectivity index (χ0) is 14.0. The van der Waals surface area contributed by atoms with Crippen molar-refractivity contribution in [3.8, 4) is 23.3 Å². The zero-order valence-electron chi connectivity index (χ0n) is 9.32. The van der Waals surface area contributed by atoms with E-state index < -0.39 is 5.82 Å². The summed E-state index contributed by atoms with van der Waals surface area (Å²) in [5.74, 6) is -0.714. The second-order valence-corrected chi connectivity index (χ2v) is 4.88. The summed E-state index contributed by atoms with van der Waals surface area (Å²) in [5.41, 5.74) is 0.215. The second kappa shape index (κ2) is 5.47. The van der Waals surface area contributed by atoms with Crippen LogP contribution in [0.4, 0.5) is 4.39 Å². The molecule has 0 aliphatic heterocycles. The summed E-state index contributed by atoms with van der Waals surface area (Å²) in [6.07, 6.45) is 0. The molecule has 0 aromatic heterocycles. The van der Waals surface area contributed by atoms with Crippen molar-refractivity contribution in [3.63, 3.8) is 0 Å². The standard InChI is InChI=1S/C13H6BrClFNO2/c14-9-4-13(11(18)5-10(9)16)19-12-2-1-8(15)3-7(12)6-17/h1-5,18H. The van der Waals surface area contributed by atoms with Gasteiger partial charge in [0.05, 0.1) is 10.0 Å². The maximum absolute atomic E-state index is 13.2. The molecule has 0 atom stereocenters. The number of aromatic hydroxyl groups is 1. The molecule has 2 rings (SSSR count). The first-order valence-corrected chi connectivity index (χ1v) is 6.24. The summed E-state index contributed by atoms with van der Waals surface area (Å²) in [7, 11) is 0. The normalized spacial score (nSPS) is 10.0. The van der Waals surface area contributed by atoms with Crippen LogP contribution in [0.3, 0.4) is 0 Å². The van der Waals surface area contributed by atoms with Gasteiger partial charge in [0.2, 0.25) is 0 Å². The Morgan fingerprint density at radius 3 is 2.68 bits per heavy atom. The van der Waals surface area contributed by atoms with E-state index in [9.17, 15) is 9.50 Å². The number of phenolic OH excluding ortho intramolecular Hbond substituents is 1. The van der Waals surface area contributed by atoms with E-state index in [0.717, 1.165) is 6.07 Å². The Morgan fingerprint density at radius 1 is 1.26 bits per heavy atom. The molecule has 0 amide bonds. The lowest BCUT2D eigenvalue weighted by molar-refractivity contribution is 0.406. The van der Waals surface area contributed by atoms with Gasteiger partial charge in [0.1, 0.15) is 17.6 Å². The molecule has 3 nitrogen and oxygen atoms in total. The van der Waals surface area contributed by atoms with Crippen molar-refractivity contribution in [3.05, 3.63) is 51.2 Å². The molecular formula is C13H6BrClFNO2. The Kier molecular flexibility index (Phi) is 3.93. The number of benzene rings is 2. The Bertz CT molecular complexity index is 685. The molecule has 0 heterocycles. The predicted octanol–water partition coefficient (Wildman–Crippen LogP) is 4.61. The van der Waals surface area contributed by atoms with Crippen LogP contribution in [0.5, 0.6) is 17.2 Å². The first kappa shape index (κ1) is 13.7. The summed E-state index contributed by atoms with van der Waals surface area (Å²) in [4.78, 5) is 0. The van der Waals surface area contributed by atoms with E-state index in [1.807, 2.05) is 6.07 Å². The van der Waals surface area contributed by atoms with Crippen LogP contribution < -0.4 is 4.74 Å². The third kappa shape index (κ3) is 2.98. The fourth-order valence-electron chi connectivity index (χ4n) is 1.40. The zero-order valence-corrected chi connectivity index (χ0v) is 11.7. The van der Waals surface area contributed by atoms with Crippen LogP contribution in [0.1, 0.15) is 5.56 Å². The molecule has 0 saturated heterocycles. The van der Waals surface area contributed by atoms with Crippen LogP contribution in [0, 0.1) is 17.1 Å². The fourth-order valence-corrected chi connectivity index (χ4v) is 1.89. The van der Waals surface area contributed by atoms with Crippen LogP contribution in [0.2, 0.25) is 5.02 Å². The van der Waals surface area contributed by atoms with Gasteiger partial charge >= 0.3 is 0 Å². The smallest absolute Gasteiger partial charge is 0.170 e. The SMILES string of the molecule is N#Cc1cc(Cl)ccc1Oc1cc(Br)c(F)cc1O. The molecule has 96 valence electrons. The average Bonchev–Trinajstić information content (AvgIpc) is 2.37. The van der Waals surface area contributed by atoms with Gasteiger partial charge in [-0.2, -0.15) is 5.26 Å². The third-order valence-electron chi connectivity index (χ3n) is 2.28. The van der Waals surface area contributed by atoms with Crippen molar-refractivity contribution in [2.24, 2.45) is 0 Å². The van der Waals surface area contributed by atoms with Gasteiger partial charge in [-0.05, 0) is 34.1 Å². The molecule has 0 aliphatic rings. The Hall–Kier alpha value is -1.77. The van der Waals surface area contributed by atoms with E-state index in [-0.39, 0.29) is 27.3 Å². The lowest BCUT2D eigenvalue weighted by Crippen LogP contribution is -1.90. The topological polar surface area (TPSA) is 53.2 Å². The Morgan fingerprint density at radius 2 is 2.00 bits per heavy atom. The van der Waals surface area contributed by atoms with Crippen LogP contribution in [-0.2, 0) is 0 Å². The monoisotopic (exact) mass is 341 g/mol. The lowest BCUT2D eigenvalue weighted by Gasteiger charge is -2.10. The summed E-state index contributed by atoms with van der Waals surface area (Å²) in [5, 5.41) is 19.0. The van der Waals surface area contributed by atoms with E-state index in [2.05, 4.69) is 15.9 Å². The van der Waals surface area contributed by atoms with Crippen LogP contribution in [0.15, 0.2) is 34.8 Å². The molecule has 0 unspecified atom stereocenters. The second-order valence-electron chi connectivity index (χ2n) is 3.59. The first-order chi connectivity index (χ1) is 9.01. The van der Waals surface area contributed by atoms with Gasteiger partial charge < -0.3 is 9.84 Å². The minimum absolute atomic E-state index is 0.0343. The highest BCUT2D eigenvalue weighted by molar-refractivity contribution is 9.10. The molecule has 2 aromatic carbocycles. The van der Waals surface area contributed by atoms with Gasteiger partial charge in [-0.1, -0.05) is 11.6 Å². The quantitative estimate of drug-likeness (QED) is 0.867. The number of phenols is 1. The number of nitrogens with zero attached hydrogens (tertiary/aromatic N) is 1. The number of hydrogen-bond donors (Lipinski definition) is 1. The van der Waals surface area contributed by atoms with Gasteiger partial charge in [0.15, 0.2) is 11.5 Å². The molecule has 0 saturated carbocycles. The third-order valence-corrected chi connectivity index (χ3v) is 3.13. The molecular weight excluding hydrogens is 337 g/mol. The van der Waals surface area contributed by atoms with Crippen molar-refractivity contribution in [2.45, 2.75) is 0 Å². The predicted molar refractivity (Wildman–Crippen MR) is 72.0 cm³/mol. The largest absolute Gasteiger partial charge is 0.504 e. The van der Waals surface area contributed by atoms with Crippen molar-refractivity contribution in [2.75, 3.05) is 0 Å². The molecule has 0 fully saturated rings. The van der Waals surface area contributed by atoms with E-state index in [1.54, 1.807) is 6.07 Å². The fraction of sp³-hybridized carbons (Fsp3) is 0. The van der Waals surface area contributed by atoms with Gasteiger partial charge in [0.25, 0.3) is 0 Å². The molecule has 1 N–H and O–H groups in total. The van der Waals surface area contributed by atoms with Crippen molar-refractivity contribution >= 4 is 27.5 Å². The highest BCUT2D eigenvalue weighted by Crippen LogP contribution is 2.36. The van der Waals surface area contributed by atoms with Crippen LogP contribution >= 0.6 is 27.5 Å². The molecule has 19 heavy (non-hydrogen) atoms. The minimum Gasteiger partial charge on any atom is -0.504 e. The Labute approximate surface area is 121 Å². The summed E-state index contributed by atoms with van der Waals surface area (Å²) in [6, 6.07) is 8.61. The molecule has 0 bridgehead atoms. The van der Waals surface area contributed by atoms with Gasteiger partial charge in [-0.25, -0.2) is 4.39 Å². The van der Waals surface area contributed by atoms with Crippen molar-refractivity contribution in [1.82, 2.24) is 0 Å². The molecule has 0 radical (unpaired) electrons. The highest BCUT2D eigenvalue weighted by Gasteiger charge is 2.12. The van der Waals surface area contributed by atoms with E-state index >= 15 is 0 Å². The molecule has 2 aromatic rings. The number of nitriles is 1. The van der Waals surface area contributed by atoms with Crippen molar-refractivity contribution < 1.29 is 14.2 Å². The van der Waals surface area contributed by atoms with Crippen LogP contribution in [-0.4, -0.2) is 5.11 Å². The number of ether oxygens (including phenoxy) is 1. The Balaban J connectivity index is 2.42. The minimum atomic E-state index is -0.610. The average molecular weight is 343 g/mol. The molecule has 6 heteroatoms. The lowest BCUT2D eigenvalue weighted by atomic mass is 10.2. The first-order valence-electron chi connectivity index (χ1n) is 5.07. The van der Waals surface area contributed by atoms with Gasteiger partial charge in [0, 0.05) is 17.2 Å². The summed E-state index contributed by atoms with van der Waals surface area (Å²) < 4.78 is 18.7.